The summed E-state index contributed by atoms with van der Waals surface area (Å²) in [7, 11) is 0. The van der Waals surface area contributed by atoms with Gasteiger partial charge in [-0.3, -0.25) is 9.69 Å². The first kappa shape index (κ1) is 14.4. The van der Waals surface area contributed by atoms with Crippen LogP contribution >= 0.6 is 0 Å². The van der Waals surface area contributed by atoms with E-state index in [-0.39, 0.29) is 12.0 Å². The first-order valence-corrected chi connectivity index (χ1v) is 5.90. The number of rotatable bonds is 7. The summed E-state index contributed by atoms with van der Waals surface area (Å²) < 4.78 is 0. The highest BCUT2D eigenvalue weighted by atomic mass is 16.4. The van der Waals surface area contributed by atoms with Crippen molar-refractivity contribution in [3.63, 3.8) is 0 Å². The van der Waals surface area contributed by atoms with Gasteiger partial charge in [0.25, 0.3) is 0 Å². The van der Waals surface area contributed by atoms with Crippen LogP contribution in [0.25, 0.3) is 0 Å². The maximum atomic E-state index is 11.2. The number of carboxylic acid groups (broad SMARTS) is 1. The molecule has 0 fully saturated rings. The molecular formula is C12H25NO2. The number of carbonyl (C=O) groups is 1. The van der Waals surface area contributed by atoms with Gasteiger partial charge in [0.2, 0.25) is 0 Å². The van der Waals surface area contributed by atoms with Gasteiger partial charge in [0.1, 0.15) is 6.04 Å². The first-order valence-electron chi connectivity index (χ1n) is 5.90. The molecule has 0 aliphatic heterocycles. The van der Waals surface area contributed by atoms with Gasteiger partial charge in [-0.05, 0) is 18.4 Å². The van der Waals surface area contributed by atoms with E-state index in [0.29, 0.717) is 5.92 Å². The highest BCUT2D eigenvalue weighted by molar-refractivity contribution is 5.73. The monoisotopic (exact) mass is 215 g/mol. The molecule has 2 unspecified atom stereocenters. The largest absolute Gasteiger partial charge is 0.480 e. The number of likely N-dealkylation sites (N-methyl/N-ethyl adjacent to an activating group) is 1. The lowest BCUT2D eigenvalue weighted by atomic mass is 10.0. The van der Waals surface area contributed by atoms with Gasteiger partial charge in [0.05, 0.1) is 0 Å². The molecular weight excluding hydrogens is 190 g/mol. The number of carboxylic acids is 1. The number of hydrogen-bond donors (Lipinski definition) is 1. The summed E-state index contributed by atoms with van der Waals surface area (Å²) in [5.74, 6) is 0.0206. The zero-order chi connectivity index (χ0) is 12.0. The molecule has 0 aliphatic carbocycles. The molecule has 2 atom stereocenters. The number of aliphatic carboxylic acids is 1. The predicted octanol–water partition coefficient (Wildman–Crippen LogP) is 2.46. The topological polar surface area (TPSA) is 40.5 Å². The fraction of sp³-hybridized carbons (Fsp3) is 0.917. The maximum Gasteiger partial charge on any atom is 0.321 e. The van der Waals surface area contributed by atoms with Crippen LogP contribution in [0, 0.1) is 11.8 Å². The highest BCUT2D eigenvalue weighted by Gasteiger charge is 2.28. The predicted molar refractivity (Wildman–Crippen MR) is 63.0 cm³/mol. The van der Waals surface area contributed by atoms with Crippen molar-refractivity contribution in [2.45, 2.75) is 47.1 Å². The first-order chi connectivity index (χ1) is 6.93. The van der Waals surface area contributed by atoms with Gasteiger partial charge in [0, 0.05) is 6.54 Å². The molecule has 0 heterocycles. The zero-order valence-electron chi connectivity index (χ0n) is 10.7. The van der Waals surface area contributed by atoms with E-state index in [2.05, 4.69) is 18.7 Å². The maximum absolute atomic E-state index is 11.2. The van der Waals surface area contributed by atoms with E-state index in [0.717, 1.165) is 19.5 Å². The smallest absolute Gasteiger partial charge is 0.321 e. The van der Waals surface area contributed by atoms with Crippen LogP contribution in [-0.2, 0) is 4.79 Å². The van der Waals surface area contributed by atoms with Crippen molar-refractivity contribution in [1.29, 1.82) is 0 Å². The van der Waals surface area contributed by atoms with Crippen LogP contribution in [0.4, 0.5) is 0 Å². The average Bonchev–Trinajstić information content (AvgIpc) is 2.15. The van der Waals surface area contributed by atoms with Gasteiger partial charge in [-0.1, -0.05) is 41.0 Å². The van der Waals surface area contributed by atoms with Gasteiger partial charge < -0.3 is 5.11 Å². The third kappa shape index (κ3) is 4.65. The normalized spacial score (nSPS) is 15.7. The molecule has 0 saturated carbocycles. The minimum Gasteiger partial charge on any atom is -0.480 e. The Labute approximate surface area is 93.5 Å². The third-order valence-electron chi connectivity index (χ3n) is 2.93. The van der Waals surface area contributed by atoms with E-state index >= 15 is 0 Å². The van der Waals surface area contributed by atoms with Gasteiger partial charge >= 0.3 is 5.97 Å². The minimum atomic E-state index is -0.699. The summed E-state index contributed by atoms with van der Waals surface area (Å²) in [6, 6.07) is -0.344. The van der Waals surface area contributed by atoms with Crippen molar-refractivity contribution in [2.24, 2.45) is 11.8 Å². The fourth-order valence-electron chi connectivity index (χ4n) is 1.83. The minimum absolute atomic E-state index is 0.159. The average molecular weight is 215 g/mol. The quantitative estimate of drug-likeness (QED) is 0.709. The molecule has 0 saturated heterocycles. The van der Waals surface area contributed by atoms with Crippen LogP contribution in [0.2, 0.25) is 0 Å². The summed E-state index contributed by atoms with van der Waals surface area (Å²) in [5, 5.41) is 9.19. The van der Waals surface area contributed by atoms with Crippen molar-refractivity contribution in [3.05, 3.63) is 0 Å². The SMILES string of the molecule is CCC(C)CN(CC)C(C(=O)O)C(C)C. The van der Waals surface area contributed by atoms with Gasteiger partial charge in [0.15, 0.2) is 0 Å². The van der Waals surface area contributed by atoms with Gasteiger partial charge in [-0.2, -0.15) is 0 Å². The van der Waals surface area contributed by atoms with E-state index in [9.17, 15) is 9.90 Å². The van der Waals surface area contributed by atoms with E-state index < -0.39 is 5.97 Å². The molecule has 0 aromatic rings. The molecule has 0 aromatic heterocycles. The second kappa shape index (κ2) is 6.83. The second-order valence-corrected chi connectivity index (χ2v) is 4.63. The molecule has 0 rings (SSSR count). The summed E-state index contributed by atoms with van der Waals surface area (Å²) >= 11 is 0. The molecule has 3 heteroatoms. The number of hydrogen-bond acceptors (Lipinski definition) is 2. The summed E-state index contributed by atoms with van der Waals surface area (Å²) in [6.07, 6.45) is 1.10. The van der Waals surface area contributed by atoms with Gasteiger partial charge in [-0.25, -0.2) is 0 Å². The lowest BCUT2D eigenvalue weighted by Crippen LogP contribution is -2.46. The standard InChI is InChI=1S/C12H25NO2/c1-6-10(5)8-13(7-2)11(9(3)4)12(14)15/h9-11H,6-8H2,1-5H3,(H,14,15). The molecule has 15 heavy (non-hydrogen) atoms. The summed E-state index contributed by atoms with van der Waals surface area (Å²) in [5.41, 5.74) is 0. The molecule has 0 spiro atoms. The fourth-order valence-corrected chi connectivity index (χ4v) is 1.83. The van der Waals surface area contributed by atoms with Crippen LogP contribution in [0.3, 0.4) is 0 Å². The Morgan fingerprint density at radius 3 is 2.07 bits per heavy atom. The Balaban J connectivity index is 4.52. The Hall–Kier alpha value is -0.570. The lowest BCUT2D eigenvalue weighted by molar-refractivity contribution is -0.145. The molecule has 0 amide bonds. The van der Waals surface area contributed by atoms with Crippen molar-refractivity contribution < 1.29 is 9.90 Å². The number of nitrogens with zero attached hydrogens (tertiary/aromatic N) is 1. The molecule has 0 radical (unpaired) electrons. The van der Waals surface area contributed by atoms with Crippen LogP contribution in [0.5, 0.6) is 0 Å². The summed E-state index contributed by atoms with van der Waals surface area (Å²) in [6.45, 7) is 12.0. The van der Waals surface area contributed by atoms with Crippen molar-refractivity contribution >= 4 is 5.97 Å². The van der Waals surface area contributed by atoms with E-state index in [1.165, 1.54) is 0 Å². The molecule has 1 N–H and O–H groups in total. The Kier molecular flexibility index (Phi) is 6.57. The van der Waals surface area contributed by atoms with Crippen LogP contribution < -0.4 is 0 Å². The molecule has 90 valence electrons. The van der Waals surface area contributed by atoms with Crippen LogP contribution in [-0.4, -0.2) is 35.1 Å². The molecule has 0 bridgehead atoms. The van der Waals surface area contributed by atoms with Crippen molar-refractivity contribution in [3.8, 4) is 0 Å². The Morgan fingerprint density at radius 1 is 1.27 bits per heavy atom. The van der Waals surface area contributed by atoms with Crippen molar-refractivity contribution in [1.82, 2.24) is 4.90 Å². The van der Waals surface area contributed by atoms with Crippen LogP contribution in [0.1, 0.15) is 41.0 Å². The van der Waals surface area contributed by atoms with E-state index in [1.807, 2.05) is 20.8 Å². The third-order valence-corrected chi connectivity index (χ3v) is 2.93. The van der Waals surface area contributed by atoms with E-state index in [4.69, 9.17) is 0 Å². The Morgan fingerprint density at radius 2 is 1.80 bits per heavy atom. The van der Waals surface area contributed by atoms with Crippen molar-refractivity contribution in [2.75, 3.05) is 13.1 Å². The van der Waals surface area contributed by atoms with Crippen LogP contribution in [0.15, 0.2) is 0 Å². The zero-order valence-corrected chi connectivity index (χ0v) is 10.7. The molecule has 0 aromatic carbocycles. The lowest BCUT2D eigenvalue weighted by Gasteiger charge is -2.32. The molecule has 0 aliphatic rings. The molecule has 3 nitrogen and oxygen atoms in total. The summed E-state index contributed by atoms with van der Waals surface area (Å²) in [4.78, 5) is 13.2. The highest BCUT2D eigenvalue weighted by Crippen LogP contribution is 2.14. The Bertz CT molecular complexity index is 192. The second-order valence-electron chi connectivity index (χ2n) is 4.63. The van der Waals surface area contributed by atoms with E-state index in [1.54, 1.807) is 0 Å². The van der Waals surface area contributed by atoms with Gasteiger partial charge in [-0.15, -0.1) is 0 Å².